The van der Waals surface area contributed by atoms with Gasteiger partial charge in [0.25, 0.3) is 11.6 Å². The smallest absolute Gasteiger partial charge is 0.348 e. The van der Waals surface area contributed by atoms with Crippen molar-refractivity contribution in [3.8, 4) is 11.4 Å². The Morgan fingerprint density at radius 1 is 0.938 bits per heavy atom. The number of hydrogen-bond acceptors (Lipinski definition) is 13. The molecule has 252 valence electrons. The number of nitrogens with one attached hydrogen (secondary N) is 2. The number of esters is 2. The Labute approximate surface area is 283 Å². The minimum Gasteiger partial charge on any atom is -0.494 e. The molecule has 0 aliphatic rings. The molecule has 0 radical (unpaired) electrons. The van der Waals surface area contributed by atoms with Crippen molar-refractivity contribution >= 4 is 57.5 Å². The van der Waals surface area contributed by atoms with Crippen LogP contribution in [0.1, 0.15) is 62.5 Å². The highest BCUT2D eigenvalue weighted by molar-refractivity contribution is 7.99. The fourth-order valence-corrected chi connectivity index (χ4v) is 6.23. The summed E-state index contributed by atoms with van der Waals surface area (Å²) in [4.78, 5) is 61.8. The van der Waals surface area contributed by atoms with E-state index in [4.69, 9.17) is 14.2 Å². The number of benzene rings is 2. The SMILES string of the molecule is CCOC(=O)c1sc(NC(=O)CSc2nnc(CNC(=O)c3ccc([N+](=O)[O-])cc3)n2-c2ccc(OCC)cc2)c(C(=O)OCC)c1C. The van der Waals surface area contributed by atoms with Gasteiger partial charge in [0.2, 0.25) is 5.91 Å². The number of ether oxygens (including phenoxy) is 3. The fraction of sp³-hybridized carbons (Fsp3) is 0.290. The number of rotatable bonds is 15. The number of nitrogens with zero attached hydrogens (tertiary/aromatic N) is 4. The second-order valence-electron chi connectivity index (χ2n) is 9.69. The van der Waals surface area contributed by atoms with Gasteiger partial charge < -0.3 is 24.8 Å². The standard InChI is InChI=1S/C31H32N6O9S2/c1-5-44-22-14-12-20(13-15-22)36-23(16-32-27(39)19-8-10-21(11-9-19)37(42)43)34-35-31(36)47-17-24(38)33-28-25(29(40)45-6-2)18(4)26(48-28)30(41)46-7-3/h8-15H,5-7,16-17H2,1-4H3,(H,32,39)(H,33,38). The molecule has 4 rings (SSSR count). The van der Waals surface area contributed by atoms with Crippen LogP contribution in [0.5, 0.6) is 5.75 Å². The number of amides is 2. The van der Waals surface area contributed by atoms with E-state index >= 15 is 0 Å². The van der Waals surface area contributed by atoms with Crippen molar-refractivity contribution in [1.29, 1.82) is 0 Å². The van der Waals surface area contributed by atoms with Crippen molar-refractivity contribution in [1.82, 2.24) is 20.1 Å². The molecule has 2 amide bonds. The molecule has 0 saturated heterocycles. The largest absolute Gasteiger partial charge is 0.494 e. The van der Waals surface area contributed by atoms with Crippen LogP contribution in [-0.4, -0.2) is 69.0 Å². The zero-order chi connectivity index (χ0) is 34.8. The normalized spacial score (nSPS) is 10.7. The zero-order valence-corrected chi connectivity index (χ0v) is 28.1. The second kappa shape index (κ2) is 16.5. The van der Waals surface area contributed by atoms with Gasteiger partial charge in [-0.1, -0.05) is 11.8 Å². The molecule has 0 spiro atoms. The van der Waals surface area contributed by atoms with Crippen molar-refractivity contribution in [2.24, 2.45) is 0 Å². The summed E-state index contributed by atoms with van der Waals surface area (Å²) in [5.74, 6) is -1.44. The molecular formula is C31H32N6O9S2. The van der Waals surface area contributed by atoms with Gasteiger partial charge in [-0.25, -0.2) is 9.59 Å². The third-order valence-corrected chi connectivity index (χ3v) is 8.64. The van der Waals surface area contributed by atoms with Crippen LogP contribution in [0.25, 0.3) is 5.69 Å². The first-order chi connectivity index (χ1) is 23.1. The number of carbonyl (C=O) groups excluding carboxylic acids is 4. The van der Waals surface area contributed by atoms with E-state index in [1.807, 2.05) is 6.92 Å². The number of anilines is 1. The number of aromatic nitrogens is 3. The number of non-ortho nitro benzene ring substituents is 1. The van der Waals surface area contributed by atoms with Gasteiger partial charge in [0.1, 0.15) is 15.6 Å². The Balaban J connectivity index is 1.55. The average Bonchev–Trinajstić information content (AvgIpc) is 3.63. The summed E-state index contributed by atoms with van der Waals surface area (Å²) < 4.78 is 17.5. The maximum absolute atomic E-state index is 13.2. The molecular weight excluding hydrogens is 665 g/mol. The third kappa shape index (κ3) is 8.54. The van der Waals surface area contributed by atoms with Crippen LogP contribution in [0.4, 0.5) is 10.7 Å². The van der Waals surface area contributed by atoms with E-state index in [2.05, 4.69) is 20.8 Å². The topological polar surface area (TPSA) is 194 Å². The van der Waals surface area contributed by atoms with Gasteiger partial charge in [0.15, 0.2) is 11.0 Å². The first-order valence-corrected chi connectivity index (χ1v) is 16.5. The average molecular weight is 697 g/mol. The molecule has 0 fully saturated rings. The van der Waals surface area contributed by atoms with E-state index in [1.165, 1.54) is 24.3 Å². The monoisotopic (exact) mass is 696 g/mol. The highest BCUT2D eigenvalue weighted by Crippen LogP contribution is 2.35. The number of nitro groups is 1. The minimum absolute atomic E-state index is 0.0587. The van der Waals surface area contributed by atoms with Crippen molar-refractivity contribution in [3.63, 3.8) is 0 Å². The molecule has 2 heterocycles. The number of carbonyl (C=O) groups is 4. The molecule has 17 heteroatoms. The molecule has 0 atom stereocenters. The Kier molecular flexibility index (Phi) is 12.2. The molecule has 2 aromatic heterocycles. The lowest BCUT2D eigenvalue weighted by Crippen LogP contribution is -2.24. The highest BCUT2D eigenvalue weighted by atomic mass is 32.2. The summed E-state index contributed by atoms with van der Waals surface area (Å²) in [6.07, 6.45) is 0. The van der Waals surface area contributed by atoms with Crippen LogP contribution in [0.2, 0.25) is 0 Å². The summed E-state index contributed by atoms with van der Waals surface area (Å²) in [6, 6.07) is 12.2. The van der Waals surface area contributed by atoms with Gasteiger partial charge in [-0.15, -0.1) is 21.5 Å². The van der Waals surface area contributed by atoms with E-state index in [0.717, 1.165) is 23.1 Å². The summed E-state index contributed by atoms with van der Waals surface area (Å²) in [5, 5.41) is 25.4. The molecule has 15 nitrogen and oxygen atoms in total. The van der Waals surface area contributed by atoms with Gasteiger partial charge in [-0.3, -0.25) is 24.3 Å². The van der Waals surface area contributed by atoms with E-state index in [0.29, 0.717) is 34.6 Å². The number of nitro benzene ring substituents is 1. The minimum atomic E-state index is -0.680. The molecule has 0 aliphatic heterocycles. The van der Waals surface area contributed by atoms with Crippen molar-refractivity contribution < 1.29 is 38.3 Å². The second-order valence-corrected chi connectivity index (χ2v) is 11.6. The van der Waals surface area contributed by atoms with Gasteiger partial charge in [0.05, 0.1) is 42.6 Å². The maximum Gasteiger partial charge on any atom is 0.348 e. The number of hydrogen-bond donors (Lipinski definition) is 2. The highest BCUT2D eigenvalue weighted by Gasteiger charge is 2.27. The van der Waals surface area contributed by atoms with Crippen LogP contribution in [-0.2, 0) is 20.8 Å². The maximum atomic E-state index is 13.2. The van der Waals surface area contributed by atoms with E-state index in [1.54, 1.807) is 49.6 Å². The van der Waals surface area contributed by atoms with Gasteiger partial charge in [-0.2, -0.15) is 0 Å². The Hall–Kier alpha value is -5.29. The first-order valence-electron chi connectivity index (χ1n) is 14.7. The summed E-state index contributed by atoms with van der Waals surface area (Å²) in [5.41, 5.74) is 1.13. The lowest BCUT2D eigenvalue weighted by molar-refractivity contribution is -0.384. The number of thioether (sulfide) groups is 1. The van der Waals surface area contributed by atoms with E-state index in [-0.39, 0.29) is 52.2 Å². The molecule has 48 heavy (non-hydrogen) atoms. The lowest BCUT2D eigenvalue weighted by Gasteiger charge is -2.12. The quantitative estimate of drug-likeness (QED) is 0.0736. The molecule has 2 aromatic carbocycles. The van der Waals surface area contributed by atoms with Crippen molar-refractivity contribution in [2.75, 3.05) is 30.9 Å². The van der Waals surface area contributed by atoms with E-state index < -0.39 is 28.7 Å². The number of thiophene rings is 1. The molecule has 0 saturated carbocycles. The van der Waals surface area contributed by atoms with Crippen molar-refractivity contribution in [3.05, 3.63) is 86.0 Å². The Morgan fingerprint density at radius 2 is 1.60 bits per heavy atom. The lowest BCUT2D eigenvalue weighted by atomic mass is 10.1. The zero-order valence-electron chi connectivity index (χ0n) is 26.4. The Bertz CT molecular complexity index is 1800. The Morgan fingerprint density at radius 3 is 2.23 bits per heavy atom. The van der Waals surface area contributed by atoms with Crippen LogP contribution in [0.3, 0.4) is 0 Å². The first kappa shape index (κ1) is 35.6. The molecule has 2 N–H and O–H groups in total. The van der Waals surface area contributed by atoms with Gasteiger partial charge in [0, 0.05) is 23.4 Å². The van der Waals surface area contributed by atoms with Crippen LogP contribution in [0.15, 0.2) is 53.7 Å². The predicted octanol–water partition coefficient (Wildman–Crippen LogP) is 4.96. The van der Waals surface area contributed by atoms with Crippen LogP contribution in [0, 0.1) is 17.0 Å². The molecule has 0 unspecified atom stereocenters. The van der Waals surface area contributed by atoms with Crippen molar-refractivity contribution in [2.45, 2.75) is 39.4 Å². The summed E-state index contributed by atoms with van der Waals surface area (Å²) >= 11 is 1.98. The fourth-order valence-electron chi connectivity index (χ4n) is 4.36. The van der Waals surface area contributed by atoms with Gasteiger partial charge in [-0.05, 0) is 69.7 Å². The van der Waals surface area contributed by atoms with Crippen LogP contribution >= 0.6 is 23.1 Å². The van der Waals surface area contributed by atoms with Gasteiger partial charge >= 0.3 is 11.9 Å². The predicted molar refractivity (Wildman–Crippen MR) is 177 cm³/mol. The van der Waals surface area contributed by atoms with Crippen LogP contribution < -0.4 is 15.4 Å². The molecule has 0 bridgehead atoms. The third-order valence-electron chi connectivity index (χ3n) is 6.53. The van der Waals surface area contributed by atoms with E-state index in [9.17, 15) is 29.3 Å². The summed E-state index contributed by atoms with van der Waals surface area (Å²) in [7, 11) is 0. The summed E-state index contributed by atoms with van der Waals surface area (Å²) in [6.45, 7) is 7.42. The molecule has 0 aliphatic carbocycles. The molecule has 4 aromatic rings.